The molecule has 2 saturated carbocycles. The van der Waals surface area contributed by atoms with Crippen molar-refractivity contribution in [2.75, 3.05) is 5.73 Å². The maximum Gasteiger partial charge on any atom is 0.175 e. The normalized spacial score (nSPS) is 28.4. The summed E-state index contributed by atoms with van der Waals surface area (Å²) in [5.74, 6) is 3.76. The number of hydrogen-bond acceptors (Lipinski definition) is 3. The summed E-state index contributed by atoms with van der Waals surface area (Å²) in [4.78, 5) is 0. The van der Waals surface area contributed by atoms with E-state index in [0.29, 0.717) is 11.7 Å². The maximum atomic E-state index is 6.05. The number of fused-ring (bicyclic) bond motifs is 1. The molecule has 0 saturated heterocycles. The first kappa shape index (κ1) is 11.1. The third-order valence-electron chi connectivity index (χ3n) is 4.87. The summed E-state index contributed by atoms with van der Waals surface area (Å²) in [5.41, 5.74) is 9.49. The molecule has 2 aliphatic rings. The molecule has 1 heterocycles. The van der Waals surface area contributed by atoms with Crippen LogP contribution in [0, 0.1) is 18.8 Å². The van der Waals surface area contributed by atoms with E-state index in [0.717, 1.165) is 23.2 Å². The molecule has 4 rings (SSSR count). The molecule has 3 heteroatoms. The van der Waals surface area contributed by atoms with Crippen LogP contribution in [0.4, 0.5) is 5.82 Å². The fourth-order valence-corrected chi connectivity index (χ4v) is 3.88. The van der Waals surface area contributed by atoms with E-state index < -0.39 is 0 Å². The van der Waals surface area contributed by atoms with Crippen molar-refractivity contribution in [3.05, 3.63) is 35.6 Å². The number of aryl methyl sites for hydroxylation is 1. The molecular weight excluding hydrogens is 236 g/mol. The van der Waals surface area contributed by atoms with Crippen molar-refractivity contribution < 1.29 is 4.52 Å². The average molecular weight is 254 g/mol. The summed E-state index contributed by atoms with van der Waals surface area (Å²) >= 11 is 0. The van der Waals surface area contributed by atoms with Crippen LogP contribution < -0.4 is 5.73 Å². The van der Waals surface area contributed by atoms with E-state index in [1.165, 1.54) is 30.4 Å². The van der Waals surface area contributed by atoms with Gasteiger partial charge in [0.25, 0.3) is 0 Å². The number of nitrogen functional groups attached to an aromatic ring is 1. The van der Waals surface area contributed by atoms with Gasteiger partial charge in [0.05, 0.1) is 5.56 Å². The van der Waals surface area contributed by atoms with E-state index in [2.05, 4.69) is 24.2 Å². The van der Waals surface area contributed by atoms with Crippen LogP contribution in [0.1, 0.15) is 36.5 Å². The van der Waals surface area contributed by atoms with Gasteiger partial charge >= 0.3 is 0 Å². The van der Waals surface area contributed by atoms with Crippen molar-refractivity contribution in [2.24, 2.45) is 11.8 Å². The predicted molar refractivity (Wildman–Crippen MR) is 74.7 cm³/mol. The highest BCUT2D eigenvalue weighted by atomic mass is 16.5. The van der Waals surface area contributed by atoms with E-state index >= 15 is 0 Å². The Bertz CT molecular complexity index is 621. The molecule has 2 atom stereocenters. The van der Waals surface area contributed by atoms with Gasteiger partial charge in [-0.15, -0.1) is 0 Å². The number of benzene rings is 1. The van der Waals surface area contributed by atoms with Crippen molar-refractivity contribution in [2.45, 2.75) is 32.1 Å². The third kappa shape index (κ3) is 1.54. The number of aromatic nitrogens is 1. The Labute approximate surface area is 112 Å². The van der Waals surface area contributed by atoms with Crippen LogP contribution in [0.5, 0.6) is 0 Å². The molecule has 1 aromatic heterocycles. The van der Waals surface area contributed by atoms with E-state index in [-0.39, 0.29) is 0 Å². The lowest BCUT2D eigenvalue weighted by atomic mass is 9.97. The maximum absolute atomic E-state index is 6.05. The topological polar surface area (TPSA) is 52.0 Å². The molecule has 2 unspecified atom stereocenters. The second-order valence-corrected chi connectivity index (χ2v) is 5.91. The smallest absolute Gasteiger partial charge is 0.175 e. The Hall–Kier alpha value is -1.77. The van der Waals surface area contributed by atoms with Crippen LogP contribution in [0.15, 0.2) is 28.8 Å². The van der Waals surface area contributed by atoms with Gasteiger partial charge in [0, 0.05) is 5.92 Å². The number of anilines is 1. The van der Waals surface area contributed by atoms with Gasteiger partial charge in [0.15, 0.2) is 5.82 Å². The average Bonchev–Trinajstić information content (AvgIpc) is 2.78. The first-order valence-corrected chi connectivity index (χ1v) is 7.08. The number of nitrogens with zero attached hydrogens (tertiary/aromatic N) is 1. The molecule has 0 spiro atoms. The minimum Gasteiger partial charge on any atom is -0.380 e. The molecule has 2 N–H and O–H groups in total. The number of nitrogens with two attached hydrogens (primary N) is 1. The molecule has 0 aliphatic heterocycles. The molecule has 0 radical (unpaired) electrons. The summed E-state index contributed by atoms with van der Waals surface area (Å²) in [6.07, 6.45) is 4.04. The molecule has 1 aromatic carbocycles. The van der Waals surface area contributed by atoms with Crippen molar-refractivity contribution in [1.82, 2.24) is 5.16 Å². The highest BCUT2D eigenvalue weighted by Gasteiger charge is 2.56. The van der Waals surface area contributed by atoms with Crippen molar-refractivity contribution in [3.8, 4) is 11.1 Å². The first-order chi connectivity index (χ1) is 9.27. The van der Waals surface area contributed by atoms with Crippen molar-refractivity contribution >= 4 is 5.82 Å². The van der Waals surface area contributed by atoms with Crippen LogP contribution in [0.3, 0.4) is 0 Å². The largest absolute Gasteiger partial charge is 0.380 e. The summed E-state index contributed by atoms with van der Waals surface area (Å²) in [6, 6.07) is 8.32. The van der Waals surface area contributed by atoms with Gasteiger partial charge in [0.1, 0.15) is 5.76 Å². The van der Waals surface area contributed by atoms with Crippen LogP contribution in [0.2, 0.25) is 0 Å². The van der Waals surface area contributed by atoms with Gasteiger partial charge in [-0.1, -0.05) is 35.8 Å². The fourth-order valence-electron chi connectivity index (χ4n) is 3.88. The van der Waals surface area contributed by atoms with Gasteiger partial charge in [-0.2, -0.15) is 0 Å². The number of hydrogen-bond donors (Lipinski definition) is 1. The van der Waals surface area contributed by atoms with Gasteiger partial charge in [-0.25, -0.2) is 0 Å². The second-order valence-electron chi connectivity index (χ2n) is 5.91. The zero-order valence-electron chi connectivity index (χ0n) is 11.1. The summed E-state index contributed by atoms with van der Waals surface area (Å²) < 4.78 is 5.59. The third-order valence-corrected chi connectivity index (χ3v) is 4.87. The fraction of sp³-hybridized carbons (Fsp3) is 0.438. The summed E-state index contributed by atoms with van der Waals surface area (Å²) in [7, 11) is 0. The zero-order valence-corrected chi connectivity index (χ0v) is 11.1. The molecular formula is C16H18N2O. The molecule has 0 bridgehead atoms. The SMILES string of the molecule is Cc1ccccc1-c1c(N)noc1C1C2CCCC21. The Morgan fingerprint density at radius 2 is 1.95 bits per heavy atom. The Morgan fingerprint density at radius 3 is 2.68 bits per heavy atom. The quantitative estimate of drug-likeness (QED) is 0.888. The standard InChI is InChI=1S/C16H18N2O/c1-9-5-2-3-6-10(9)14-15(19-18-16(14)17)13-11-7-4-8-12(11)13/h2-3,5-6,11-13H,4,7-8H2,1H3,(H2,17,18). The molecule has 19 heavy (non-hydrogen) atoms. The second kappa shape index (κ2) is 3.86. The Morgan fingerprint density at radius 1 is 1.21 bits per heavy atom. The lowest BCUT2D eigenvalue weighted by molar-refractivity contribution is 0.376. The van der Waals surface area contributed by atoms with E-state index in [4.69, 9.17) is 10.3 Å². The minimum absolute atomic E-state index is 0.536. The van der Waals surface area contributed by atoms with Crippen LogP contribution >= 0.6 is 0 Å². The van der Waals surface area contributed by atoms with E-state index in [9.17, 15) is 0 Å². The lowest BCUT2D eigenvalue weighted by Gasteiger charge is -2.07. The van der Waals surface area contributed by atoms with Crippen LogP contribution in [-0.2, 0) is 0 Å². The molecule has 2 fully saturated rings. The lowest BCUT2D eigenvalue weighted by Crippen LogP contribution is -1.94. The molecule has 2 aromatic rings. The zero-order chi connectivity index (χ0) is 13.0. The van der Waals surface area contributed by atoms with E-state index in [1.807, 2.05) is 12.1 Å². The van der Waals surface area contributed by atoms with Gasteiger partial charge in [-0.3, -0.25) is 0 Å². The van der Waals surface area contributed by atoms with Crippen molar-refractivity contribution in [3.63, 3.8) is 0 Å². The first-order valence-electron chi connectivity index (χ1n) is 7.08. The number of rotatable bonds is 2. The minimum atomic E-state index is 0.536. The molecule has 2 aliphatic carbocycles. The van der Waals surface area contributed by atoms with E-state index in [1.54, 1.807) is 0 Å². The highest BCUT2D eigenvalue weighted by molar-refractivity contribution is 5.78. The van der Waals surface area contributed by atoms with Gasteiger partial charge in [-0.05, 0) is 42.7 Å². The monoisotopic (exact) mass is 254 g/mol. The molecule has 0 amide bonds. The van der Waals surface area contributed by atoms with Crippen LogP contribution in [0.25, 0.3) is 11.1 Å². The molecule has 3 nitrogen and oxygen atoms in total. The predicted octanol–water partition coefficient (Wildman–Crippen LogP) is 3.75. The summed E-state index contributed by atoms with van der Waals surface area (Å²) in [6.45, 7) is 2.11. The van der Waals surface area contributed by atoms with Crippen LogP contribution in [-0.4, -0.2) is 5.16 Å². The van der Waals surface area contributed by atoms with Gasteiger partial charge < -0.3 is 10.3 Å². The highest BCUT2D eigenvalue weighted by Crippen LogP contribution is 2.64. The molecule has 98 valence electrons. The van der Waals surface area contributed by atoms with Crippen molar-refractivity contribution in [1.29, 1.82) is 0 Å². The Balaban J connectivity index is 1.80. The van der Waals surface area contributed by atoms with Gasteiger partial charge in [0.2, 0.25) is 0 Å². The Kier molecular flexibility index (Phi) is 2.25. The summed E-state index contributed by atoms with van der Waals surface area (Å²) in [5, 5.41) is 4.03.